The Morgan fingerprint density at radius 1 is 1.28 bits per heavy atom. The minimum absolute atomic E-state index is 0.0780. The Morgan fingerprint density at radius 2 is 1.89 bits per heavy atom. The maximum Gasteiger partial charge on any atom is 0.176 e. The fourth-order valence-electron chi connectivity index (χ4n) is 1.41. The molecular formula is C15H22O2S. The van der Waals surface area contributed by atoms with Crippen LogP contribution >= 0.6 is 11.8 Å². The largest absolute Gasteiger partial charge is 0.490 e. The van der Waals surface area contributed by atoms with Gasteiger partial charge in [0.25, 0.3) is 0 Å². The molecule has 0 bridgehead atoms. The lowest BCUT2D eigenvalue weighted by Gasteiger charge is -2.18. The second-order valence-electron chi connectivity index (χ2n) is 5.49. The van der Waals surface area contributed by atoms with Crippen molar-refractivity contribution in [3.8, 4) is 5.75 Å². The molecule has 1 aromatic carbocycles. The number of Topliss-reactive ketones (excluding diaryl/α,β-unsaturated/α-hetero) is 1. The van der Waals surface area contributed by atoms with Gasteiger partial charge in [0.05, 0.1) is 17.4 Å². The van der Waals surface area contributed by atoms with E-state index in [2.05, 4.69) is 20.8 Å². The predicted octanol–water partition coefficient (Wildman–Crippen LogP) is 4.19. The van der Waals surface area contributed by atoms with Crippen molar-refractivity contribution >= 4 is 17.5 Å². The van der Waals surface area contributed by atoms with Crippen LogP contribution in [-0.4, -0.2) is 22.4 Å². The summed E-state index contributed by atoms with van der Waals surface area (Å²) in [5.74, 6) is 1.31. The SMILES string of the molecule is CC(C)Oc1ccccc1C(=O)CSC(C)(C)C. The molecule has 1 aromatic rings. The zero-order valence-electron chi connectivity index (χ0n) is 11.8. The van der Waals surface area contributed by atoms with Crippen LogP contribution < -0.4 is 4.74 Å². The number of para-hydroxylation sites is 1. The topological polar surface area (TPSA) is 26.3 Å². The number of rotatable bonds is 5. The van der Waals surface area contributed by atoms with Gasteiger partial charge in [-0.3, -0.25) is 4.79 Å². The van der Waals surface area contributed by atoms with Crippen molar-refractivity contribution < 1.29 is 9.53 Å². The van der Waals surface area contributed by atoms with Gasteiger partial charge in [-0.15, -0.1) is 11.8 Å². The molecule has 0 spiro atoms. The number of ether oxygens (including phenoxy) is 1. The second kappa shape index (κ2) is 6.28. The number of carbonyl (C=O) groups excluding carboxylic acids is 1. The molecule has 0 aromatic heterocycles. The van der Waals surface area contributed by atoms with Crippen molar-refractivity contribution in [2.75, 3.05) is 5.75 Å². The third-order valence-corrected chi connectivity index (χ3v) is 3.46. The number of hydrogen-bond acceptors (Lipinski definition) is 3. The van der Waals surface area contributed by atoms with Gasteiger partial charge in [-0.1, -0.05) is 32.9 Å². The van der Waals surface area contributed by atoms with Crippen molar-refractivity contribution in [3.63, 3.8) is 0 Å². The van der Waals surface area contributed by atoms with Gasteiger partial charge in [0.15, 0.2) is 5.78 Å². The Bertz CT molecular complexity index is 405. The maximum absolute atomic E-state index is 12.2. The fraction of sp³-hybridized carbons (Fsp3) is 0.533. The molecule has 0 saturated carbocycles. The summed E-state index contributed by atoms with van der Waals surface area (Å²) in [6, 6.07) is 7.46. The first-order valence-corrected chi connectivity index (χ1v) is 7.21. The molecule has 0 unspecified atom stereocenters. The molecule has 18 heavy (non-hydrogen) atoms. The van der Waals surface area contributed by atoms with E-state index in [4.69, 9.17) is 4.74 Å². The van der Waals surface area contributed by atoms with E-state index in [1.54, 1.807) is 11.8 Å². The normalized spacial score (nSPS) is 11.7. The van der Waals surface area contributed by atoms with E-state index in [0.717, 1.165) is 0 Å². The fourth-order valence-corrected chi connectivity index (χ4v) is 2.13. The van der Waals surface area contributed by atoms with E-state index in [1.807, 2.05) is 38.1 Å². The monoisotopic (exact) mass is 266 g/mol. The number of benzene rings is 1. The molecule has 3 heteroatoms. The highest BCUT2D eigenvalue weighted by Crippen LogP contribution is 2.26. The van der Waals surface area contributed by atoms with E-state index in [1.165, 1.54) is 0 Å². The molecule has 2 nitrogen and oxygen atoms in total. The third kappa shape index (κ3) is 5.13. The van der Waals surface area contributed by atoms with Gasteiger partial charge in [0.2, 0.25) is 0 Å². The molecule has 0 aliphatic rings. The molecular weight excluding hydrogens is 244 g/mol. The summed E-state index contributed by atoms with van der Waals surface area (Å²) in [7, 11) is 0. The zero-order chi connectivity index (χ0) is 13.8. The van der Waals surface area contributed by atoms with Gasteiger partial charge in [0.1, 0.15) is 5.75 Å². The number of carbonyl (C=O) groups is 1. The molecule has 0 radical (unpaired) electrons. The van der Waals surface area contributed by atoms with Crippen LogP contribution in [0.3, 0.4) is 0 Å². The summed E-state index contributed by atoms with van der Waals surface area (Å²) < 4.78 is 5.77. The standard InChI is InChI=1S/C15H22O2S/c1-11(2)17-14-9-7-6-8-12(14)13(16)10-18-15(3,4)5/h6-9,11H,10H2,1-5H3. The molecule has 0 atom stereocenters. The van der Waals surface area contributed by atoms with Crippen LogP contribution in [0.5, 0.6) is 5.75 Å². The zero-order valence-corrected chi connectivity index (χ0v) is 12.6. The van der Waals surface area contributed by atoms with Crippen LogP contribution in [0, 0.1) is 0 Å². The van der Waals surface area contributed by atoms with Gasteiger partial charge < -0.3 is 4.74 Å². The highest BCUT2D eigenvalue weighted by Gasteiger charge is 2.17. The predicted molar refractivity (Wildman–Crippen MR) is 78.7 cm³/mol. The summed E-state index contributed by atoms with van der Waals surface area (Å²) in [5.41, 5.74) is 0.683. The van der Waals surface area contributed by atoms with Gasteiger partial charge in [0, 0.05) is 4.75 Å². The highest BCUT2D eigenvalue weighted by atomic mass is 32.2. The Hall–Kier alpha value is -0.960. The Balaban J connectivity index is 2.79. The lowest BCUT2D eigenvalue weighted by molar-refractivity contribution is 0.101. The first-order valence-electron chi connectivity index (χ1n) is 6.22. The molecule has 100 valence electrons. The Morgan fingerprint density at radius 3 is 2.44 bits per heavy atom. The summed E-state index contributed by atoms with van der Waals surface area (Å²) in [6.07, 6.45) is 0.0780. The highest BCUT2D eigenvalue weighted by molar-refractivity contribution is 8.01. The van der Waals surface area contributed by atoms with Crippen LogP contribution in [0.15, 0.2) is 24.3 Å². The smallest absolute Gasteiger partial charge is 0.176 e. The first kappa shape index (κ1) is 15.1. The van der Waals surface area contributed by atoms with Gasteiger partial charge in [-0.05, 0) is 26.0 Å². The first-order chi connectivity index (χ1) is 8.29. The lowest BCUT2D eigenvalue weighted by atomic mass is 10.1. The molecule has 0 amide bonds. The average Bonchev–Trinajstić information content (AvgIpc) is 2.25. The number of ketones is 1. The van der Waals surface area contributed by atoms with Gasteiger partial charge in [-0.25, -0.2) is 0 Å². The van der Waals surface area contributed by atoms with Crippen LogP contribution in [0.2, 0.25) is 0 Å². The molecule has 0 aliphatic heterocycles. The molecule has 0 heterocycles. The van der Waals surface area contributed by atoms with E-state index in [-0.39, 0.29) is 16.6 Å². The second-order valence-corrected chi connectivity index (χ2v) is 7.29. The van der Waals surface area contributed by atoms with Crippen LogP contribution in [0.4, 0.5) is 0 Å². The summed E-state index contributed by atoms with van der Waals surface area (Å²) >= 11 is 1.66. The Kier molecular flexibility index (Phi) is 5.27. The third-order valence-electron chi connectivity index (χ3n) is 2.19. The summed E-state index contributed by atoms with van der Waals surface area (Å²) in [4.78, 5) is 12.2. The van der Waals surface area contributed by atoms with E-state index in [9.17, 15) is 4.79 Å². The Labute approximate surface area is 114 Å². The van der Waals surface area contributed by atoms with Crippen molar-refractivity contribution in [1.29, 1.82) is 0 Å². The maximum atomic E-state index is 12.2. The van der Waals surface area contributed by atoms with Crippen molar-refractivity contribution in [1.82, 2.24) is 0 Å². The quantitative estimate of drug-likeness (QED) is 0.748. The molecule has 0 fully saturated rings. The molecule has 0 saturated heterocycles. The van der Waals surface area contributed by atoms with Crippen LogP contribution in [-0.2, 0) is 0 Å². The van der Waals surface area contributed by atoms with Gasteiger partial charge in [-0.2, -0.15) is 0 Å². The van der Waals surface area contributed by atoms with Crippen LogP contribution in [0.1, 0.15) is 45.0 Å². The summed E-state index contributed by atoms with van der Waals surface area (Å²) in [5, 5.41) is 0. The van der Waals surface area contributed by atoms with E-state index < -0.39 is 0 Å². The average molecular weight is 266 g/mol. The van der Waals surface area contributed by atoms with Crippen molar-refractivity contribution in [2.24, 2.45) is 0 Å². The molecule has 0 aliphatic carbocycles. The summed E-state index contributed by atoms with van der Waals surface area (Å²) in [6.45, 7) is 10.3. The van der Waals surface area contributed by atoms with Crippen LogP contribution in [0.25, 0.3) is 0 Å². The minimum Gasteiger partial charge on any atom is -0.490 e. The lowest BCUT2D eigenvalue weighted by Crippen LogP contribution is -2.15. The number of hydrogen-bond donors (Lipinski definition) is 0. The van der Waals surface area contributed by atoms with Gasteiger partial charge >= 0.3 is 0 Å². The minimum atomic E-state index is 0.0780. The van der Waals surface area contributed by atoms with E-state index in [0.29, 0.717) is 17.1 Å². The van der Waals surface area contributed by atoms with E-state index >= 15 is 0 Å². The molecule has 1 rings (SSSR count). The molecule has 0 N–H and O–H groups in total. The number of thioether (sulfide) groups is 1. The van der Waals surface area contributed by atoms with Crippen molar-refractivity contribution in [2.45, 2.75) is 45.5 Å². The van der Waals surface area contributed by atoms with Crippen molar-refractivity contribution in [3.05, 3.63) is 29.8 Å².